The van der Waals surface area contributed by atoms with Crippen molar-refractivity contribution in [2.24, 2.45) is 0 Å². The normalized spacial score (nSPS) is 22.8. The van der Waals surface area contributed by atoms with E-state index in [0.717, 1.165) is 4.90 Å². The lowest BCUT2D eigenvalue weighted by molar-refractivity contribution is -0.745. The fourth-order valence-electron chi connectivity index (χ4n) is 0.952. The fraction of sp³-hybridized carbons (Fsp3) is 0.500. The zero-order valence-corrected chi connectivity index (χ0v) is 7.54. The van der Waals surface area contributed by atoms with E-state index in [9.17, 15) is 13.0 Å². The van der Waals surface area contributed by atoms with Crippen molar-refractivity contribution in [2.75, 3.05) is 19.3 Å². The Hall–Kier alpha value is -0.720. The molecule has 12 heavy (non-hydrogen) atoms. The third-order valence-corrected chi connectivity index (χ3v) is 2.24. The van der Waals surface area contributed by atoms with E-state index in [1.54, 1.807) is 12.5 Å². The lowest BCUT2D eigenvalue weighted by atomic mass is 10.6. The number of quaternary nitrogens is 1. The van der Waals surface area contributed by atoms with Crippen LogP contribution in [-0.4, -0.2) is 43.2 Å². The molecular formula is C6H11N2O3S+. The van der Waals surface area contributed by atoms with Gasteiger partial charge in [-0.3, -0.25) is 0 Å². The van der Waals surface area contributed by atoms with E-state index < -0.39 is 10.1 Å². The molecular weight excluding hydrogens is 180 g/mol. The van der Waals surface area contributed by atoms with Crippen LogP contribution >= 0.6 is 0 Å². The van der Waals surface area contributed by atoms with Crippen LogP contribution in [0.1, 0.15) is 0 Å². The molecule has 1 aliphatic heterocycles. The molecule has 0 saturated heterocycles. The van der Waals surface area contributed by atoms with Crippen molar-refractivity contribution in [3.05, 3.63) is 12.4 Å². The molecule has 5 nitrogen and oxygen atoms in total. The number of hydrogen-bond acceptors (Lipinski definition) is 3. The van der Waals surface area contributed by atoms with Gasteiger partial charge in [-0.05, 0) is 0 Å². The summed E-state index contributed by atoms with van der Waals surface area (Å²) in [5.74, 6) is -0.322. The Morgan fingerprint density at radius 1 is 1.58 bits per heavy atom. The summed E-state index contributed by atoms with van der Waals surface area (Å²) in [7, 11) is -2.23. The molecule has 1 unspecified atom stereocenters. The van der Waals surface area contributed by atoms with Crippen molar-refractivity contribution in [3.8, 4) is 0 Å². The quantitative estimate of drug-likeness (QED) is 0.398. The van der Waals surface area contributed by atoms with Gasteiger partial charge in [0.1, 0.15) is 23.7 Å². The highest BCUT2D eigenvalue weighted by atomic mass is 32.2. The molecule has 6 heteroatoms. The smallest absolute Gasteiger partial charge is 0.335 e. The molecule has 0 aliphatic carbocycles. The van der Waals surface area contributed by atoms with Crippen LogP contribution in [-0.2, 0) is 10.1 Å². The summed E-state index contributed by atoms with van der Waals surface area (Å²) >= 11 is 0. The Bertz CT molecular complexity index is 318. The molecule has 0 bridgehead atoms. The maximum Gasteiger partial charge on any atom is 0.335 e. The topological polar surface area (TPSA) is 64.7 Å². The lowest BCUT2D eigenvalue weighted by Crippen LogP contribution is -3.06. The summed E-state index contributed by atoms with van der Waals surface area (Å²) in [6, 6.07) is 0. The second-order valence-corrected chi connectivity index (χ2v) is 4.22. The van der Waals surface area contributed by atoms with Crippen molar-refractivity contribution in [1.29, 1.82) is 0 Å². The third kappa shape index (κ3) is 3.12. The molecule has 0 spiro atoms. The molecule has 1 atom stereocenters. The average Bonchev–Trinajstić information content (AvgIpc) is 2.30. The minimum atomic E-state index is -4.07. The Labute approximate surface area is 71.4 Å². The molecule has 0 aromatic heterocycles. The van der Waals surface area contributed by atoms with Gasteiger partial charge in [-0.25, -0.2) is 13.3 Å². The second kappa shape index (κ2) is 3.34. The van der Waals surface area contributed by atoms with E-state index >= 15 is 0 Å². The average molecular weight is 191 g/mol. The third-order valence-electron chi connectivity index (χ3n) is 1.53. The largest absolute Gasteiger partial charge is 0.748 e. The molecule has 0 aromatic rings. The van der Waals surface area contributed by atoms with Gasteiger partial charge in [-0.1, -0.05) is 0 Å². The minimum absolute atomic E-state index is 0.298. The Balaban J connectivity index is 2.41. The van der Waals surface area contributed by atoms with Crippen molar-refractivity contribution in [3.63, 3.8) is 0 Å². The Morgan fingerprint density at radius 3 is 2.67 bits per heavy atom. The summed E-state index contributed by atoms with van der Waals surface area (Å²) in [6.45, 7) is 0.298. The number of nitrogens with zero attached hydrogens (tertiary/aromatic N) is 1. The highest BCUT2D eigenvalue weighted by Gasteiger charge is 2.14. The first-order valence-corrected chi connectivity index (χ1v) is 5.09. The van der Waals surface area contributed by atoms with E-state index in [2.05, 4.69) is 0 Å². The molecule has 0 saturated carbocycles. The standard InChI is InChI=1S/C6H10N2O3S/c1-7-2-3-8(6-7)4-5-12(9,10)11/h2-3,6H,4-5H2,1H3/p+1. The molecule has 1 N–H and O–H groups in total. The van der Waals surface area contributed by atoms with Crippen LogP contribution in [0.4, 0.5) is 0 Å². The zero-order chi connectivity index (χ0) is 9.19. The van der Waals surface area contributed by atoms with Gasteiger partial charge in [-0.15, -0.1) is 0 Å². The maximum absolute atomic E-state index is 10.2. The van der Waals surface area contributed by atoms with E-state index in [1.165, 1.54) is 0 Å². The van der Waals surface area contributed by atoms with Gasteiger partial charge in [0.05, 0.1) is 5.75 Å². The number of hydrogen-bond donors (Lipinski definition) is 1. The van der Waals surface area contributed by atoms with Crippen LogP contribution in [0.25, 0.3) is 0 Å². The molecule has 68 valence electrons. The van der Waals surface area contributed by atoms with Crippen LogP contribution in [0.3, 0.4) is 0 Å². The van der Waals surface area contributed by atoms with Gasteiger partial charge < -0.3 is 4.55 Å². The van der Waals surface area contributed by atoms with E-state index in [1.807, 2.05) is 17.8 Å². The van der Waals surface area contributed by atoms with Crippen LogP contribution in [0, 0.1) is 0 Å². The van der Waals surface area contributed by atoms with Crippen molar-refractivity contribution >= 4 is 16.5 Å². The summed E-state index contributed by atoms with van der Waals surface area (Å²) < 4.78 is 32.6. The Kier molecular flexibility index (Phi) is 2.61. The highest BCUT2D eigenvalue weighted by molar-refractivity contribution is 7.85. The first-order valence-electron chi connectivity index (χ1n) is 3.52. The van der Waals surface area contributed by atoms with Crippen LogP contribution in [0.5, 0.6) is 0 Å². The van der Waals surface area contributed by atoms with Crippen LogP contribution < -0.4 is 4.90 Å². The predicted octanol–water partition coefficient (Wildman–Crippen LogP) is -2.43. The van der Waals surface area contributed by atoms with Gasteiger partial charge in [-0.2, -0.15) is 4.58 Å². The lowest BCUT2D eigenvalue weighted by Gasteiger charge is -2.06. The van der Waals surface area contributed by atoms with E-state index in [0.29, 0.717) is 6.54 Å². The Morgan fingerprint density at radius 2 is 2.25 bits per heavy atom. The van der Waals surface area contributed by atoms with Crippen molar-refractivity contribution < 1.29 is 22.4 Å². The van der Waals surface area contributed by atoms with Crippen LogP contribution in [0.2, 0.25) is 0 Å². The van der Waals surface area contributed by atoms with Gasteiger partial charge in [0.25, 0.3) is 0 Å². The molecule has 1 rings (SSSR count). The number of nitrogens with one attached hydrogen (secondary N) is 1. The van der Waals surface area contributed by atoms with E-state index in [4.69, 9.17) is 0 Å². The second-order valence-electron chi connectivity index (χ2n) is 2.70. The number of rotatable bonds is 3. The summed E-state index contributed by atoms with van der Waals surface area (Å²) in [4.78, 5) is 0.872. The van der Waals surface area contributed by atoms with Crippen molar-refractivity contribution in [2.45, 2.75) is 0 Å². The maximum atomic E-state index is 10.2. The van der Waals surface area contributed by atoms with E-state index in [-0.39, 0.29) is 5.75 Å². The summed E-state index contributed by atoms with van der Waals surface area (Å²) in [6.07, 6.45) is 5.41. The summed E-state index contributed by atoms with van der Waals surface area (Å²) in [5.41, 5.74) is 0. The van der Waals surface area contributed by atoms with Gasteiger partial charge in [0.15, 0.2) is 6.20 Å². The molecule has 0 aromatic carbocycles. The van der Waals surface area contributed by atoms with Gasteiger partial charge in [0.2, 0.25) is 6.20 Å². The van der Waals surface area contributed by atoms with Crippen LogP contribution in [0.15, 0.2) is 12.4 Å². The molecule has 0 amide bonds. The molecule has 1 aliphatic rings. The molecule has 1 heterocycles. The summed E-state index contributed by atoms with van der Waals surface area (Å²) in [5, 5.41) is 0. The van der Waals surface area contributed by atoms with Gasteiger partial charge >= 0.3 is 6.34 Å². The van der Waals surface area contributed by atoms with Crippen molar-refractivity contribution in [1.82, 2.24) is 0 Å². The first kappa shape index (κ1) is 9.37. The SMILES string of the molecule is C[N+]1=C[NH+](CCS(=O)(=O)[O-])C=C1. The molecule has 0 radical (unpaired) electrons. The predicted molar refractivity (Wildman–Crippen MR) is 41.8 cm³/mol. The first-order chi connectivity index (χ1) is 5.47. The zero-order valence-electron chi connectivity index (χ0n) is 6.73. The fourth-order valence-corrected chi connectivity index (χ4v) is 1.44. The minimum Gasteiger partial charge on any atom is -0.748 e. The monoisotopic (exact) mass is 191 g/mol. The molecule has 0 fully saturated rings. The van der Waals surface area contributed by atoms with Gasteiger partial charge in [0, 0.05) is 0 Å². The highest BCUT2D eigenvalue weighted by Crippen LogP contribution is 1.77.